The highest BCUT2D eigenvalue weighted by molar-refractivity contribution is 6.07. The predicted octanol–water partition coefficient (Wildman–Crippen LogP) is 1.97. The Morgan fingerprint density at radius 3 is 2.50 bits per heavy atom. The van der Waals surface area contributed by atoms with Crippen LogP contribution in [0.1, 0.15) is 23.2 Å². The SMILES string of the molecule is NC(=O)CCCNC(=O)c1ccc(F)c2ccccc12. The third-order valence-corrected chi connectivity index (χ3v) is 3.00. The number of amides is 2. The highest BCUT2D eigenvalue weighted by Crippen LogP contribution is 2.21. The first-order chi connectivity index (χ1) is 9.59. The van der Waals surface area contributed by atoms with Gasteiger partial charge in [0.1, 0.15) is 5.82 Å². The van der Waals surface area contributed by atoms with Crippen LogP contribution in [-0.2, 0) is 4.79 Å². The van der Waals surface area contributed by atoms with Gasteiger partial charge in [-0.3, -0.25) is 9.59 Å². The van der Waals surface area contributed by atoms with E-state index in [1.165, 1.54) is 12.1 Å². The number of nitrogens with two attached hydrogens (primary N) is 1. The maximum absolute atomic E-state index is 13.6. The summed E-state index contributed by atoms with van der Waals surface area (Å²) >= 11 is 0. The Balaban J connectivity index is 2.14. The zero-order chi connectivity index (χ0) is 14.5. The van der Waals surface area contributed by atoms with Crippen molar-refractivity contribution in [1.29, 1.82) is 0 Å². The molecule has 0 unspecified atom stereocenters. The van der Waals surface area contributed by atoms with E-state index in [1.807, 2.05) is 0 Å². The molecule has 0 aromatic heterocycles. The van der Waals surface area contributed by atoms with Gasteiger partial charge in [-0.1, -0.05) is 24.3 Å². The third kappa shape index (κ3) is 3.12. The first kappa shape index (κ1) is 14.0. The minimum absolute atomic E-state index is 0.227. The fraction of sp³-hybridized carbons (Fsp3) is 0.200. The fourth-order valence-corrected chi connectivity index (χ4v) is 2.02. The average molecular weight is 274 g/mol. The van der Waals surface area contributed by atoms with Crippen LogP contribution in [0.3, 0.4) is 0 Å². The standard InChI is InChI=1S/C15H15FN2O2/c16-13-8-7-12(10-4-1-2-5-11(10)13)15(20)18-9-3-6-14(17)19/h1-2,4-5,7-8H,3,6,9H2,(H2,17,19)(H,18,20). The lowest BCUT2D eigenvalue weighted by Crippen LogP contribution is -2.25. The molecule has 2 aromatic rings. The summed E-state index contributed by atoms with van der Waals surface area (Å²) in [5, 5.41) is 3.68. The molecule has 2 aromatic carbocycles. The Labute approximate surface area is 115 Å². The van der Waals surface area contributed by atoms with Crippen LogP contribution in [0.5, 0.6) is 0 Å². The van der Waals surface area contributed by atoms with Crippen LogP contribution in [0.2, 0.25) is 0 Å². The number of hydrogen-bond acceptors (Lipinski definition) is 2. The molecular weight excluding hydrogens is 259 g/mol. The van der Waals surface area contributed by atoms with Gasteiger partial charge in [0, 0.05) is 23.9 Å². The molecule has 0 aliphatic heterocycles. The Bertz CT molecular complexity index is 655. The summed E-state index contributed by atoms with van der Waals surface area (Å²) < 4.78 is 13.6. The van der Waals surface area contributed by atoms with E-state index in [1.54, 1.807) is 24.3 Å². The van der Waals surface area contributed by atoms with Crippen molar-refractivity contribution in [2.24, 2.45) is 5.73 Å². The third-order valence-electron chi connectivity index (χ3n) is 3.00. The minimum Gasteiger partial charge on any atom is -0.370 e. The van der Waals surface area contributed by atoms with Crippen molar-refractivity contribution in [1.82, 2.24) is 5.32 Å². The van der Waals surface area contributed by atoms with Gasteiger partial charge in [-0.05, 0) is 23.9 Å². The summed E-state index contributed by atoms with van der Waals surface area (Å²) in [6.45, 7) is 0.355. The van der Waals surface area contributed by atoms with Gasteiger partial charge in [0.05, 0.1) is 0 Å². The molecule has 0 radical (unpaired) electrons. The van der Waals surface area contributed by atoms with Crippen molar-refractivity contribution in [2.45, 2.75) is 12.8 Å². The first-order valence-electron chi connectivity index (χ1n) is 6.33. The molecule has 0 aliphatic rings. The van der Waals surface area contributed by atoms with E-state index < -0.39 is 5.91 Å². The van der Waals surface area contributed by atoms with Crippen molar-refractivity contribution >= 4 is 22.6 Å². The number of halogens is 1. The van der Waals surface area contributed by atoms with Gasteiger partial charge in [0.25, 0.3) is 5.91 Å². The highest BCUT2D eigenvalue weighted by atomic mass is 19.1. The second kappa shape index (κ2) is 6.14. The summed E-state index contributed by atoms with van der Waals surface area (Å²) in [5.41, 5.74) is 5.44. The smallest absolute Gasteiger partial charge is 0.251 e. The van der Waals surface area contributed by atoms with E-state index in [-0.39, 0.29) is 18.1 Å². The normalized spacial score (nSPS) is 10.4. The van der Waals surface area contributed by atoms with Gasteiger partial charge in [-0.15, -0.1) is 0 Å². The number of benzene rings is 2. The molecule has 4 nitrogen and oxygen atoms in total. The van der Waals surface area contributed by atoms with Crippen LogP contribution in [0.15, 0.2) is 36.4 Å². The fourth-order valence-electron chi connectivity index (χ4n) is 2.02. The maximum atomic E-state index is 13.6. The number of fused-ring (bicyclic) bond motifs is 1. The van der Waals surface area contributed by atoms with Gasteiger partial charge < -0.3 is 11.1 Å². The highest BCUT2D eigenvalue weighted by Gasteiger charge is 2.11. The number of rotatable bonds is 5. The van der Waals surface area contributed by atoms with Crippen LogP contribution < -0.4 is 11.1 Å². The minimum atomic E-state index is -0.397. The Hall–Kier alpha value is -2.43. The van der Waals surface area contributed by atoms with Crippen LogP contribution >= 0.6 is 0 Å². The second-order valence-corrected chi connectivity index (χ2v) is 4.47. The number of nitrogens with one attached hydrogen (secondary N) is 1. The largest absolute Gasteiger partial charge is 0.370 e. The molecule has 2 rings (SSSR count). The summed E-state index contributed by atoms with van der Waals surface area (Å²) in [5.74, 6) is -1.04. The van der Waals surface area contributed by atoms with Crippen LogP contribution in [0.4, 0.5) is 4.39 Å². The maximum Gasteiger partial charge on any atom is 0.251 e. The van der Waals surface area contributed by atoms with E-state index in [4.69, 9.17) is 5.73 Å². The van der Waals surface area contributed by atoms with Crippen molar-refractivity contribution in [2.75, 3.05) is 6.54 Å². The van der Waals surface area contributed by atoms with Crippen LogP contribution in [-0.4, -0.2) is 18.4 Å². The number of primary amides is 1. The molecule has 0 fully saturated rings. The molecule has 20 heavy (non-hydrogen) atoms. The van der Waals surface area contributed by atoms with E-state index in [0.29, 0.717) is 29.3 Å². The van der Waals surface area contributed by atoms with Crippen molar-refractivity contribution in [3.8, 4) is 0 Å². The second-order valence-electron chi connectivity index (χ2n) is 4.47. The molecular formula is C15H15FN2O2. The van der Waals surface area contributed by atoms with Crippen LogP contribution in [0.25, 0.3) is 10.8 Å². The van der Waals surface area contributed by atoms with Crippen molar-refractivity contribution < 1.29 is 14.0 Å². The lowest BCUT2D eigenvalue weighted by molar-refractivity contribution is -0.118. The van der Waals surface area contributed by atoms with E-state index in [9.17, 15) is 14.0 Å². The molecule has 0 saturated heterocycles. The van der Waals surface area contributed by atoms with E-state index in [2.05, 4.69) is 5.32 Å². The number of carbonyl (C=O) groups excluding carboxylic acids is 2. The zero-order valence-corrected chi connectivity index (χ0v) is 10.9. The molecule has 5 heteroatoms. The van der Waals surface area contributed by atoms with Gasteiger partial charge >= 0.3 is 0 Å². The molecule has 2 amide bonds. The first-order valence-corrected chi connectivity index (χ1v) is 6.33. The lowest BCUT2D eigenvalue weighted by Gasteiger charge is -2.08. The summed E-state index contributed by atoms with van der Waals surface area (Å²) in [6.07, 6.45) is 0.713. The molecule has 0 atom stereocenters. The summed E-state index contributed by atoms with van der Waals surface area (Å²) in [4.78, 5) is 22.7. The zero-order valence-electron chi connectivity index (χ0n) is 10.9. The predicted molar refractivity (Wildman–Crippen MR) is 74.7 cm³/mol. The lowest BCUT2D eigenvalue weighted by atomic mass is 10.0. The number of hydrogen-bond donors (Lipinski definition) is 2. The molecule has 0 heterocycles. The molecule has 0 aliphatic carbocycles. The van der Waals surface area contributed by atoms with Crippen molar-refractivity contribution in [3.05, 3.63) is 47.8 Å². The topological polar surface area (TPSA) is 72.2 Å². The molecule has 0 bridgehead atoms. The number of carbonyl (C=O) groups is 2. The quantitative estimate of drug-likeness (QED) is 0.818. The molecule has 0 saturated carbocycles. The van der Waals surface area contributed by atoms with Crippen LogP contribution in [0, 0.1) is 5.82 Å². The molecule has 104 valence electrons. The summed E-state index contributed by atoms with van der Waals surface area (Å²) in [7, 11) is 0. The van der Waals surface area contributed by atoms with Gasteiger partial charge in [0.15, 0.2) is 0 Å². The van der Waals surface area contributed by atoms with Gasteiger partial charge in [0.2, 0.25) is 5.91 Å². The Kier molecular flexibility index (Phi) is 4.30. The Morgan fingerprint density at radius 1 is 1.10 bits per heavy atom. The van der Waals surface area contributed by atoms with Gasteiger partial charge in [-0.25, -0.2) is 4.39 Å². The van der Waals surface area contributed by atoms with Crippen molar-refractivity contribution in [3.63, 3.8) is 0 Å². The average Bonchev–Trinajstić information content (AvgIpc) is 2.44. The van der Waals surface area contributed by atoms with E-state index >= 15 is 0 Å². The summed E-state index contributed by atoms with van der Waals surface area (Å²) in [6, 6.07) is 9.55. The van der Waals surface area contributed by atoms with Gasteiger partial charge in [-0.2, -0.15) is 0 Å². The monoisotopic (exact) mass is 274 g/mol. The Morgan fingerprint density at radius 2 is 1.80 bits per heavy atom. The molecule has 3 N–H and O–H groups in total. The molecule has 0 spiro atoms. The van der Waals surface area contributed by atoms with E-state index in [0.717, 1.165) is 0 Å².